The maximum absolute atomic E-state index is 13.0. The second-order valence-corrected chi connectivity index (χ2v) is 4.41. The van der Waals surface area contributed by atoms with Crippen LogP contribution in [0.3, 0.4) is 0 Å². The first-order valence-electron chi connectivity index (χ1n) is 5.68. The molecule has 0 aromatic heterocycles. The van der Waals surface area contributed by atoms with Crippen LogP contribution in [-0.4, -0.2) is 38.6 Å². The van der Waals surface area contributed by atoms with Gasteiger partial charge in [-0.2, -0.15) is 0 Å². The maximum Gasteiger partial charge on any atom is 0.123 e. The third kappa shape index (κ3) is 4.73. The minimum atomic E-state index is -0.153. The van der Waals surface area contributed by atoms with Gasteiger partial charge in [0.2, 0.25) is 0 Å². The van der Waals surface area contributed by atoms with Crippen molar-refractivity contribution in [2.45, 2.75) is 18.9 Å². The van der Waals surface area contributed by atoms with Crippen LogP contribution in [0, 0.1) is 5.82 Å². The second-order valence-electron chi connectivity index (χ2n) is 4.41. The second kappa shape index (κ2) is 6.61. The van der Waals surface area contributed by atoms with E-state index in [1.807, 2.05) is 13.1 Å². The third-order valence-electron chi connectivity index (χ3n) is 2.70. The molecule has 0 heterocycles. The van der Waals surface area contributed by atoms with Crippen molar-refractivity contribution in [1.29, 1.82) is 0 Å². The first kappa shape index (κ1) is 13.1. The van der Waals surface area contributed by atoms with Crippen molar-refractivity contribution in [3.05, 3.63) is 35.6 Å². The highest BCUT2D eigenvalue weighted by Crippen LogP contribution is 2.08. The quantitative estimate of drug-likeness (QED) is 0.794. The molecule has 0 radical (unpaired) electrons. The highest BCUT2D eigenvalue weighted by molar-refractivity contribution is 5.17. The van der Waals surface area contributed by atoms with Crippen LogP contribution in [0.2, 0.25) is 0 Å². The first-order valence-corrected chi connectivity index (χ1v) is 5.68. The molecule has 1 unspecified atom stereocenters. The number of rotatable bonds is 6. The Morgan fingerprint density at radius 1 is 1.38 bits per heavy atom. The standard InChI is InChI=1S/C13H21FN2/c1-15-13(7-8-16(2)3)10-11-5-4-6-12(14)9-11/h4-6,9,13,15H,7-8,10H2,1-3H3. The van der Waals surface area contributed by atoms with Crippen molar-refractivity contribution in [3.63, 3.8) is 0 Å². The van der Waals surface area contributed by atoms with Gasteiger partial charge in [-0.05, 0) is 58.2 Å². The Hall–Kier alpha value is -0.930. The predicted molar refractivity (Wildman–Crippen MR) is 66.1 cm³/mol. The predicted octanol–water partition coefficient (Wildman–Crippen LogP) is 1.91. The van der Waals surface area contributed by atoms with E-state index in [9.17, 15) is 4.39 Å². The molecular formula is C13H21FN2. The number of nitrogens with one attached hydrogen (secondary N) is 1. The Morgan fingerprint density at radius 3 is 2.69 bits per heavy atom. The monoisotopic (exact) mass is 224 g/mol. The van der Waals surface area contributed by atoms with Gasteiger partial charge in [-0.25, -0.2) is 4.39 Å². The lowest BCUT2D eigenvalue weighted by Crippen LogP contribution is -2.31. The molecule has 0 spiro atoms. The fraction of sp³-hybridized carbons (Fsp3) is 0.538. The van der Waals surface area contributed by atoms with Gasteiger partial charge in [0.05, 0.1) is 0 Å². The molecule has 1 N–H and O–H groups in total. The van der Waals surface area contributed by atoms with Crippen LogP contribution in [0.4, 0.5) is 4.39 Å². The lowest BCUT2D eigenvalue weighted by molar-refractivity contribution is 0.364. The van der Waals surface area contributed by atoms with E-state index in [0.717, 1.165) is 24.9 Å². The summed E-state index contributed by atoms with van der Waals surface area (Å²) in [5.41, 5.74) is 1.05. The summed E-state index contributed by atoms with van der Waals surface area (Å²) in [6, 6.07) is 7.24. The minimum absolute atomic E-state index is 0.153. The van der Waals surface area contributed by atoms with Gasteiger partial charge in [-0.15, -0.1) is 0 Å². The molecule has 0 aliphatic rings. The molecule has 0 aliphatic carbocycles. The molecule has 0 bridgehead atoms. The Labute approximate surface area is 97.5 Å². The van der Waals surface area contributed by atoms with E-state index in [2.05, 4.69) is 24.3 Å². The number of hydrogen-bond donors (Lipinski definition) is 1. The summed E-state index contributed by atoms with van der Waals surface area (Å²) in [5, 5.41) is 3.28. The molecule has 0 amide bonds. The fourth-order valence-corrected chi connectivity index (χ4v) is 1.71. The molecule has 3 heteroatoms. The molecule has 0 saturated carbocycles. The van der Waals surface area contributed by atoms with Crippen molar-refractivity contribution < 1.29 is 4.39 Å². The van der Waals surface area contributed by atoms with Crippen molar-refractivity contribution >= 4 is 0 Å². The number of hydrogen-bond acceptors (Lipinski definition) is 2. The summed E-state index contributed by atoms with van der Waals surface area (Å²) in [5.74, 6) is -0.153. The number of halogens is 1. The number of likely N-dealkylation sites (N-methyl/N-ethyl adjacent to an activating group) is 1. The smallest absolute Gasteiger partial charge is 0.123 e. The van der Waals surface area contributed by atoms with Crippen molar-refractivity contribution in [2.75, 3.05) is 27.7 Å². The van der Waals surface area contributed by atoms with Crippen LogP contribution in [-0.2, 0) is 6.42 Å². The van der Waals surface area contributed by atoms with Crippen LogP contribution < -0.4 is 5.32 Å². The van der Waals surface area contributed by atoms with Gasteiger partial charge in [-0.1, -0.05) is 12.1 Å². The highest BCUT2D eigenvalue weighted by Gasteiger charge is 2.08. The molecule has 2 nitrogen and oxygen atoms in total. The van der Waals surface area contributed by atoms with Gasteiger partial charge in [0, 0.05) is 6.04 Å². The molecule has 1 rings (SSSR count). The van der Waals surface area contributed by atoms with Gasteiger partial charge in [0.15, 0.2) is 0 Å². The SMILES string of the molecule is CNC(CCN(C)C)Cc1cccc(F)c1. The molecule has 0 aliphatic heterocycles. The zero-order valence-corrected chi connectivity index (χ0v) is 10.3. The summed E-state index contributed by atoms with van der Waals surface area (Å²) in [7, 11) is 6.09. The van der Waals surface area contributed by atoms with E-state index in [0.29, 0.717) is 6.04 Å². The maximum atomic E-state index is 13.0. The van der Waals surface area contributed by atoms with Gasteiger partial charge in [-0.3, -0.25) is 0 Å². The average molecular weight is 224 g/mol. The first-order chi connectivity index (χ1) is 7.61. The van der Waals surface area contributed by atoms with E-state index >= 15 is 0 Å². The van der Waals surface area contributed by atoms with E-state index in [1.165, 1.54) is 6.07 Å². The topological polar surface area (TPSA) is 15.3 Å². The van der Waals surface area contributed by atoms with E-state index < -0.39 is 0 Å². The lowest BCUT2D eigenvalue weighted by Gasteiger charge is -2.18. The fourth-order valence-electron chi connectivity index (χ4n) is 1.71. The Bertz CT molecular complexity index is 313. The highest BCUT2D eigenvalue weighted by atomic mass is 19.1. The normalized spacial score (nSPS) is 13.1. The summed E-state index contributed by atoms with van der Waals surface area (Å²) >= 11 is 0. The number of nitrogens with zero attached hydrogens (tertiary/aromatic N) is 1. The van der Waals surface area contributed by atoms with Gasteiger partial charge < -0.3 is 10.2 Å². The molecule has 16 heavy (non-hydrogen) atoms. The van der Waals surface area contributed by atoms with Crippen LogP contribution in [0.15, 0.2) is 24.3 Å². The van der Waals surface area contributed by atoms with Gasteiger partial charge in [0.1, 0.15) is 5.82 Å². The number of benzene rings is 1. The van der Waals surface area contributed by atoms with E-state index in [1.54, 1.807) is 12.1 Å². The van der Waals surface area contributed by atoms with Crippen LogP contribution in [0.25, 0.3) is 0 Å². The largest absolute Gasteiger partial charge is 0.317 e. The summed E-state index contributed by atoms with van der Waals surface area (Å²) in [4.78, 5) is 2.16. The Balaban J connectivity index is 2.49. The van der Waals surface area contributed by atoms with Crippen molar-refractivity contribution in [3.8, 4) is 0 Å². The molecule has 1 aromatic carbocycles. The van der Waals surface area contributed by atoms with Crippen molar-refractivity contribution in [2.24, 2.45) is 0 Å². The van der Waals surface area contributed by atoms with Crippen molar-refractivity contribution in [1.82, 2.24) is 10.2 Å². The lowest BCUT2D eigenvalue weighted by atomic mass is 10.0. The summed E-state index contributed by atoms with van der Waals surface area (Å²) in [6.45, 7) is 1.04. The third-order valence-corrected chi connectivity index (χ3v) is 2.70. The van der Waals surface area contributed by atoms with Crippen LogP contribution in [0.1, 0.15) is 12.0 Å². The molecule has 1 aromatic rings. The molecule has 0 fully saturated rings. The zero-order chi connectivity index (χ0) is 12.0. The molecule has 1 atom stereocenters. The molecule has 90 valence electrons. The van der Waals surface area contributed by atoms with Gasteiger partial charge in [0.25, 0.3) is 0 Å². The summed E-state index contributed by atoms with van der Waals surface area (Å²) < 4.78 is 13.0. The summed E-state index contributed by atoms with van der Waals surface area (Å²) in [6.07, 6.45) is 1.95. The minimum Gasteiger partial charge on any atom is -0.317 e. The van der Waals surface area contributed by atoms with E-state index in [-0.39, 0.29) is 5.82 Å². The van der Waals surface area contributed by atoms with Gasteiger partial charge >= 0.3 is 0 Å². The zero-order valence-electron chi connectivity index (χ0n) is 10.3. The molecular weight excluding hydrogens is 203 g/mol. The Morgan fingerprint density at radius 2 is 2.12 bits per heavy atom. The Kier molecular flexibility index (Phi) is 5.43. The van der Waals surface area contributed by atoms with Crippen LogP contribution >= 0.6 is 0 Å². The van der Waals surface area contributed by atoms with Crippen LogP contribution in [0.5, 0.6) is 0 Å². The molecule has 0 saturated heterocycles. The van der Waals surface area contributed by atoms with E-state index in [4.69, 9.17) is 0 Å². The average Bonchev–Trinajstić information content (AvgIpc) is 2.24.